The number of rotatable bonds is 13. The molecule has 0 aromatic heterocycles. The molecule has 0 radical (unpaired) electrons. The van der Waals surface area contributed by atoms with Crippen molar-refractivity contribution in [2.24, 2.45) is 0 Å². The van der Waals surface area contributed by atoms with Crippen molar-refractivity contribution < 1.29 is 22.9 Å². The van der Waals surface area contributed by atoms with Gasteiger partial charge >= 0.3 is 0 Å². The van der Waals surface area contributed by atoms with E-state index < -0.39 is 33.4 Å². The number of carbonyl (C=O) groups excluding carboxylic acids is 2. The Morgan fingerprint density at radius 2 is 1.45 bits per heavy atom. The van der Waals surface area contributed by atoms with Gasteiger partial charge in [-0.3, -0.25) is 24.0 Å². The van der Waals surface area contributed by atoms with Crippen molar-refractivity contribution in [3.05, 3.63) is 136 Å². The van der Waals surface area contributed by atoms with Crippen LogP contribution < -0.4 is 9.62 Å². The summed E-state index contributed by atoms with van der Waals surface area (Å²) in [6, 6.07) is 28.4. The van der Waals surface area contributed by atoms with Gasteiger partial charge in [-0.2, -0.15) is 0 Å². The summed E-state index contributed by atoms with van der Waals surface area (Å²) in [5.41, 5.74) is 2.38. The minimum atomic E-state index is -4.30. The number of aryl methyl sites for hydroxylation is 1. The van der Waals surface area contributed by atoms with Crippen molar-refractivity contribution in [1.82, 2.24) is 10.2 Å². The monoisotopic (exact) mass is 614 g/mol. The molecule has 44 heavy (non-hydrogen) atoms. The molecule has 0 aliphatic rings. The second-order valence-electron chi connectivity index (χ2n) is 10.1. The number of sulfonamides is 1. The lowest BCUT2D eigenvalue weighted by Crippen LogP contribution is -2.53. The van der Waals surface area contributed by atoms with Crippen LogP contribution >= 0.6 is 0 Å². The van der Waals surface area contributed by atoms with Crippen LogP contribution in [-0.2, 0) is 32.6 Å². The number of nitro groups is 1. The van der Waals surface area contributed by atoms with Gasteiger partial charge in [0.1, 0.15) is 12.6 Å². The predicted molar refractivity (Wildman–Crippen MR) is 168 cm³/mol. The molecule has 0 bridgehead atoms. The Morgan fingerprint density at radius 1 is 0.864 bits per heavy atom. The fourth-order valence-electron chi connectivity index (χ4n) is 4.81. The third-order valence-electron chi connectivity index (χ3n) is 7.18. The highest BCUT2D eigenvalue weighted by molar-refractivity contribution is 7.92. The zero-order valence-electron chi connectivity index (χ0n) is 24.5. The van der Waals surface area contributed by atoms with Crippen LogP contribution in [0, 0.1) is 17.0 Å². The highest BCUT2D eigenvalue weighted by Gasteiger charge is 2.34. The number of anilines is 1. The normalized spacial score (nSPS) is 11.8. The molecule has 1 atom stereocenters. The molecule has 4 aromatic carbocycles. The second-order valence-corrected chi connectivity index (χ2v) is 12.0. The number of nitrogens with zero attached hydrogens (tertiary/aromatic N) is 3. The van der Waals surface area contributed by atoms with Crippen LogP contribution in [0.2, 0.25) is 0 Å². The number of nitrogens with one attached hydrogen (secondary N) is 1. The minimum absolute atomic E-state index is 0.0545. The van der Waals surface area contributed by atoms with Gasteiger partial charge in [0.2, 0.25) is 11.8 Å². The lowest BCUT2D eigenvalue weighted by atomic mass is 10.0. The summed E-state index contributed by atoms with van der Waals surface area (Å²) in [5, 5.41) is 14.1. The summed E-state index contributed by atoms with van der Waals surface area (Å²) >= 11 is 0. The Balaban J connectivity index is 1.81. The Bertz CT molecular complexity index is 1700. The van der Waals surface area contributed by atoms with Crippen LogP contribution in [0.4, 0.5) is 11.4 Å². The summed E-state index contributed by atoms with van der Waals surface area (Å²) in [7, 11) is -4.30. The van der Waals surface area contributed by atoms with Crippen LogP contribution in [0.15, 0.2) is 114 Å². The maximum absolute atomic E-state index is 14.4. The minimum Gasteiger partial charge on any atom is -0.355 e. The number of likely N-dealkylation sites (N-methyl/N-ethyl adjacent to an activating group) is 1. The predicted octanol–water partition coefficient (Wildman–Crippen LogP) is 4.87. The molecule has 0 heterocycles. The van der Waals surface area contributed by atoms with Gasteiger partial charge in [-0.05, 0) is 54.8 Å². The molecule has 4 rings (SSSR count). The molecule has 228 valence electrons. The van der Waals surface area contributed by atoms with E-state index in [0.717, 1.165) is 21.0 Å². The van der Waals surface area contributed by atoms with Crippen molar-refractivity contribution in [2.45, 2.75) is 37.8 Å². The number of amides is 2. The molecular formula is C33H34N4O6S. The van der Waals surface area contributed by atoms with Gasteiger partial charge in [-0.15, -0.1) is 0 Å². The summed E-state index contributed by atoms with van der Waals surface area (Å²) in [4.78, 5) is 40.0. The average Bonchev–Trinajstić information content (AvgIpc) is 3.03. The first-order valence-electron chi connectivity index (χ1n) is 14.1. The molecule has 1 N–H and O–H groups in total. The number of nitro benzene ring substituents is 1. The fraction of sp³-hybridized carbons (Fsp3) is 0.212. The van der Waals surface area contributed by atoms with Gasteiger partial charge in [-0.1, -0.05) is 72.8 Å². The molecule has 2 amide bonds. The molecular weight excluding hydrogens is 580 g/mol. The first kappa shape index (κ1) is 31.9. The van der Waals surface area contributed by atoms with E-state index in [2.05, 4.69) is 5.32 Å². The molecule has 0 spiro atoms. The maximum atomic E-state index is 14.4. The van der Waals surface area contributed by atoms with Gasteiger partial charge in [0.05, 0.1) is 15.5 Å². The lowest BCUT2D eigenvalue weighted by Gasteiger charge is -2.34. The lowest BCUT2D eigenvalue weighted by molar-refractivity contribution is -0.384. The third kappa shape index (κ3) is 7.67. The smallest absolute Gasteiger partial charge is 0.269 e. The Labute approximate surface area is 257 Å². The fourth-order valence-corrected chi connectivity index (χ4v) is 6.24. The third-order valence-corrected chi connectivity index (χ3v) is 8.97. The zero-order valence-corrected chi connectivity index (χ0v) is 25.3. The molecule has 4 aromatic rings. The molecule has 1 unspecified atom stereocenters. The molecule has 11 heteroatoms. The second kappa shape index (κ2) is 14.4. The molecule has 0 saturated carbocycles. The van der Waals surface area contributed by atoms with E-state index in [1.165, 1.54) is 41.3 Å². The van der Waals surface area contributed by atoms with E-state index in [-0.39, 0.29) is 35.1 Å². The van der Waals surface area contributed by atoms with Crippen molar-refractivity contribution >= 4 is 33.2 Å². The van der Waals surface area contributed by atoms with E-state index in [1.807, 2.05) is 61.5 Å². The van der Waals surface area contributed by atoms with Gasteiger partial charge in [0.15, 0.2) is 0 Å². The van der Waals surface area contributed by atoms with Crippen molar-refractivity contribution in [3.63, 3.8) is 0 Å². The van der Waals surface area contributed by atoms with Gasteiger partial charge in [0.25, 0.3) is 15.7 Å². The van der Waals surface area contributed by atoms with Gasteiger partial charge in [0, 0.05) is 31.6 Å². The summed E-state index contributed by atoms with van der Waals surface area (Å²) in [6.45, 7) is 3.44. The number of hydrogen-bond acceptors (Lipinski definition) is 6. The zero-order chi connectivity index (χ0) is 31.7. The van der Waals surface area contributed by atoms with E-state index in [9.17, 15) is 28.1 Å². The average molecular weight is 615 g/mol. The van der Waals surface area contributed by atoms with Crippen LogP contribution in [-0.4, -0.2) is 49.2 Å². The van der Waals surface area contributed by atoms with Crippen molar-refractivity contribution in [1.29, 1.82) is 0 Å². The van der Waals surface area contributed by atoms with E-state index >= 15 is 0 Å². The summed E-state index contributed by atoms with van der Waals surface area (Å²) < 4.78 is 28.8. The first-order valence-corrected chi connectivity index (χ1v) is 15.5. The van der Waals surface area contributed by atoms with Gasteiger partial charge in [-0.25, -0.2) is 8.42 Å². The van der Waals surface area contributed by atoms with Crippen molar-refractivity contribution in [2.75, 3.05) is 17.4 Å². The number of benzene rings is 4. The summed E-state index contributed by atoms with van der Waals surface area (Å²) in [5.74, 6) is -0.982. The number of carbonyl (C=O) groups is 2. The highest BCUT2D eigenvalue weighted by Crippen LogP contribution is 2.27. The van der Waals surface area contributed by atoms with Crippen LogP contribution in [0.25, 0.3) is 0 Å². The van der Waals surface area contributed by atoms with Crippen LogP contribution in [0.3, 0.4) is 0 Å². The Hall–Kier alpha value is -5.03. The molecule has 10 nitrogen and oxygen atoms in total. The van der Waals surface area contributed by atoms with Crippen LogP contribution in [0.5, 0.6) is 0 Å². The van der Waals surface area contributed by atoms with E-state index in [4.69, 9.17) is 0 Å². The highest BCUT2D eigenvalue weighted by atomic mass is 32.2. The number of hydrogen-bond donors (Lipinski definition) is 1. The first-order chi connectivity index (χ1) is 21.1. The van der Waals surface area contributed by atoms with Crippen LogP contribution in [0.1, 0.15) is 23.6 Å². The molecule has 0 fully saturated rings. The van der Waals surface area contributed by atoms with E-state index in [0.29, 0.717) is 6.54 Å². The maximum Gasteiger partial charge on any atom is 0.269 e. The Kier molecular flexibility index (Phi) is 10.5. The topological polar surface area (TPSA) is 130 Å². The quantitative estimate of drug-likeness (QED) is 0.169. The van der Waals surface area contributed by atoms with E-state index in [1.54, 1.807) is 25.1 Å². The SMILES string of the molecule is CCNC(=O)C(Cc1ccccc1)N(Cc1ccccc1C)C(=O)CN(c1ccc([N+](=O)[O-])cc1)S(=O)(=O)c1ccccc1. The Morgan fingerprint density at radius 3 is 2.05 bits per heavy atom. The summed E-state index contributed by atoms with van der Waals surface area (Å²) in [6.07, 6.45) is 0.202. The number of non-ortho nitro benzene ring substituents is 1. The molecule has 0 saturated heterocycles. The van der Waals surface area contributed by atoms with Crippen molar-refractivity contribution in [3.8, 4) is 0 Å². The van der Waals surface area contributed by atoms with Gasteiger partial charge < -0.3 is 10.2 Å². The molecule has 0 aliphatic carbocycles. The largest absolute Gasteiger partial charge is 0.355 e. The molecule has 0 aliphatic heterocycles. The standard InChI is InChI=1S/C33H34N4O6S/c1-3-34-33(39)31(22-26-13-6-4-7-14-26)35(23-27-15-11-10-12-25(27)2)32(38)24-36(28-18-20-29(21-19-28)37(40)41)44(42,43)30-16-8-5-9-17-30/h4-21,31H,3,22-24H2,1-2H3,(H,34,39).